The van der Waals surface area contributed by atoms with E-state index in [0.717, 1.165) is 55.2 Å². The third-order valence-corrected chi connectivity index (χ3v) is 11.3. The standard InChI is InChI=1S/C33H36Cl2N4O4S/c1-19-24(15-32(40)39-12-4-5-22(39)17-36-16-21-8-9-21)20(2)37-31(19)14-26-25-13-23(10-11-30(25)38-33(26)41)44(42,43)18-27-28(34)6-3-7-29(27)35/h3,6-7,10-11,13-14,21-22,36-37H,4-5,8-9,12,15-18H2,1-2H3,(H,38,41)/t22-/m0/s1. The van der Waals surface area contributed by atoms with Crippen molar-refractivity contribution < 1.29 is 18.0 Å². The van der Waals surface area contributed by atoms with Gasteiger partial charge in [0.15, 0.2) is 9.84 Å². The third-order valence-electron chi connectivity index (χ3n) is 8.98. The van der Waals surface area contributed by atoms with Crippen molar-refractivity contribution in [3.05, 3.63) is 80.1 Å². The van der Waals surface area contributed by atoms with Crippen molar-refractivity contribution in [2.75, 3.05) is 25.0 Å². The normalized spacial score (nSPS) is 19.1. The van der Waals surface area contributed by atoms with Gasteiger partial charge in [-0.25, -0.2) is 8.42 Å². The highest BCUT2D eigenvalue weighted by Gasteiger charge is 2.31. The van der Waals surface area contributed by atoms with E-state index in [1.165, 1.54) is 25.0 Å². The van der Waals surface area contributed by atoms with Crippen LogP contribution in [0.15, 0.2) is 41.3 Å². The Labute approximate surface area is 268 Å². The molecule has 0 spiro atoms. The van der Waals surface area contributed by atoms with Crippen LogP contribution in [-0.4, -0.2) is 55.8 Å². The molecule has 8 nitrogen and oxygen atoms in total. The summed E-state index contributed by atoms with van der Waals surface area (Å²) in [6.07, 6.45) is 6.66. The van der Waals surface area contributed by atoms with E-state index in [0.29, 0.717) is 28.1 Å². The lowest BCUT2D eigenvalue weighted by Gasteiger charge is -2.25. The fourth-order valence-electron chi connectivity index (χ4n) is 6.22. The number of benzene rings is 2. The van der Waals surface area contributed by atoms with Gasteiger partial charge in [0.05, 0.1) is 22.6 Å². The van der Waals surface area contributed by atoms with Gasteiger partial charge in [-0.15, -0.1) is 0 Å². The minimum absolute atomic E-state index is 0.0621. The second-order valence-electron chi connectivity index (χ2n) is 12.1. The molecule has 0 unspecified atom stereocenters. The first-order chi connectivity index (χ1) is 21.0. The Morgan fingerprint density at radius 3 is 2.55 bits per heavy atom. The van der Waals surface area contributed by atoms with Crippen LogP contribution in [0.5, 0.6) is 0 Å². The van der Waals surface area contributed by atoms with Crippen molar-refractivity contribution in [1.29, 1.82) is 0 Å². The van der Waals surface area contributed by atoms with E-state index >= 15 is 0 Å². The molecule has 11 heteroatoms. The molecule has 3 N–H and O–H groups in total. The molecule has 6 rings (SSSR count). The van der Waals surface area contributed by atoms with Gasteiger partial charge in [-0.3, -0.25) is 9.59 Å². The van der Waals surface area contributed by atoms with E-state index in [2.05, 4.69) is 15.6 Å². The van der Waals surface area contributed by atoms with Crippen LogP contribution in [0, 0.1) is 19.8 Å². The van der Waals surface area contributed by atoms with Crippen LogP contribution in [-0.2, 0) is 31.6 Å². The molecular weight excluding hydrogens is 619 g/mol. The molecule has 1 saturated carbocycles. The maximum atomic E-state index is 13.4. The van der Waals surface area contributed by atoms with Gasteiger partial charge in [0, 0.05) is 57.4 Å². The molecule has 3 aliphatic rings. The summed E-state index contributed by atoms with van der Waals surface area (Å²) in [5.41, 5.74) is 5.09. The van der Waals surface area contributed by atoms with E-state index < -0.39 is 9.84 Å². The Bertz CT molecular complexity index is 1760. The zero-order chi connectivity index (χ0) is 31.2. The number of amides is 2. The number of nitrogens with zero attached hydrogens (tertiary/aromatic N) is 1. The van der Waals surface area contributed by atoms with Gasteiger partial charge < -0.3 is 20.5 Å². The molecule has 2 aliphatic heterocycles. The molecule has 1 aromatic heterocycles. The van der Waals surface area contributed by atoms with Gasteiger partial charge in [0.25, 0.3) is 5.91 Å². The average molecular weight is 656 g/mol. The molecule has 2 amide bonds. The molecule has 2 fully saturated rings. The fourth-order valence-corrected chi connectivity index (χ4v) is 8.34. The first-order valence-electron chi connectivity index (χ1n) is 15.0. The molecule has 3 heterocycles. The Balaban J connectivity index is 1.22. The number of likely N-dealkylation sites (tertiary alicyclic amines) is 1. The molecular formula is C33H36Cl2N4O4S. The SMILES string of the molecule is Cc1[nH]c(C=C2C(=O)Nc3ccc(S(=O)(=O)Cc4c(Cl)cccc4Cl)cc32)c(C)c1CC(=O)N1CCC[C@H]1CNCC1CC1. The van der Waals surface area contributed by atoms with E-state index in [4.69, 9.17) is 23.2 Å². The summed E-state index contributed by atoms with van der Waals surface area (Å²) in [4.78, 5) is 31.9. The van der Waals surface area contributed by atoms with Gasteiger partial charge >= 0.3 is 0 Å². The van der Waals surface area contributed by atoms with Crippen molar-refractivity contribution in [3.63, 3.8) is 0 Å². The molecule has 44 heavy (non-hydrogen) atoms. The van der Waals surface area contributed by atoms with E-state index in [1.807, 2.05) is 18.7 Å². The quantitative estimate of drug-likeness (QED) is 0.234. The number of H-pyrrole nitrogens is 1. The summed E-state index contributed by atoms with van der Waals surface area (Å²) < 4.78 is 26.8. The van der Waals surface area contributed by atoms with Gasteiger partial charge in [0.2, 0.25) is 5.91 Å². The molecule has 0 radical (unpaired) electrons. The smallest absolute Gasteiger partial charge is 0.256 e. The highest BCUT2D eigenvalue weighted by Crippen LogP contribution is 2.37. The van der Waals surface area contributed by atoms with E-state index in [1.54, 1.807) is 30.3 Å². The number of hydrogen-bond donors (Lipinski definition) is 3. The summed E-state index contributed by atoms with van der Waals surface area (Å²) in [5.74, 6) is 0.218. The Morgan fingerprint density at radius 2 is 1.82 bits per heavy atom. The summed E-state index contributed by atoms with van der Waals surface area (Å²) in [5, 5.41) is 6.93. The number of carbonyl (C=O) groups excluding carboxylic acids is 2. The summed E-state index contributed by atoms with van der Waals surface area (Å²) >= 11 is 12.5. The lowest BCUT2D eigenvalue weighted by Crippen LogP contribution is -2.42. The number of aryl methyl sites for hydroxylation is 1. The highest BCUT2D eigenvalue weighted by atomic mass is 35.5. The first-order valence-corrected chi connectivity index (χ1v) is 17.4. The number of aromatic amines is 1. The Morgan fingerprint density at radius 1 is 1.07 bits per heavy atom. The van der Waals surface area contributed by atoms with E-state index in [9.17, 15) is 18.0 Å². The zero-order valence-electron chi connectivity index (χ0n) is 24.8. The average Bonchev–Trinajstić information content (AvgIpc) is 3.50. The number of sulfone groups is 1. The Kier molecular flexibility index (Phi) is 8.67. The molecule has 1 atom stereocenters. The predicted molar refractivity (Wildman–Crippen MR) is 175 cm³/mol. The number of carbonyl (C=O) groups is 2. The van der Waals surface area contributed by atoms with Crippen LogP contribution in [0.25, 0.3) is 11.6 Å². The predicted octanol–water partition coefficient (Wildman–Crippen LogP) is 5.94. The monoisotopic (exact) mass is 654 g/mol. The lowest BCUT2D eigenvalue weighted by molar-refractivity contribution is -0.131. The van der Waals surface area contributed by atoms with Crippen LogP contribution < -0.4 is 10.6 Å². The maximum Gasteiger partial charge on any atom is 0.256 e. The van der Waals surface area contributed by atoms with Crippen molar-refractivity contribution in [2.24, 2.45) is 5.92 Å². The van der Waals surface area contributed by atoms with Crippen LogP contribution in [0.1, 0.15) is 59.3 Å². The number of nitrogens with one attached hydrogen (secondary N) is 3. The minimum atomic E-state index is -3.83. The number of fused-ring (bicyclic) bond motifs is 1. The highest BCUT2D eigenvalue weighted by molar-refractivity contribution is 7.90. The van der Waals surface area contributed by atoms with Crippen LogP contribution in [0.4, 0.5) is 5.69 Å². The number of hydrogen-bond acceptors (Lipinski definition) is 5. The third kappa shape index (κ3) is 6.33. The summed E-state index contributed by atoms with van der Waals surface area (Å²) in [6.45, 7) is 6.52. The molecule has 1 aliphatic carbocycles. The van der Waals surface area contributed by atoms with Crippen LogP contribution >= 0.6 is 23.2 Å². The van der Waals surface area contributed by atoms with Crippen molar-refractivity contribution in [3.8, 4) is 0 Å². The zero-order valence-corrected chi connectivity index (χ0v) is 27.1. The molecule has 3 aromatic rings. The summed E-state index contributed by atoms with van der Waals surface area (Å²) in [6, 6.07) is 9.67. The summed E-state index contributed by atoms with van der Waals surface area (Å²) in [7, 11) is -3.83. The van der Waals surface area contributed by atoms with E-state index in [-0.39, 0.29) is 45.0 Å². The van der Waals surface area contributed by atoms with Crippen LogP contribution in [0.3, 0.4) is 0 Å². The van der Waals surface area contributed by atoms with Crippen molar-refractivity contribution in [1.82, 2.24) is 15.2 Å². The molecule has 232 valence electrons. The number of aromatic nitrogens is 1. The minimum Gasteiger partial charge on any atom is -0.359 e. The molecule has 0 bridgehead atoms. The number of anilines is 1. The number of rotatable bonds is 10. The topological polar surface area (TPSA) is 111 Å². The van der Waals surface area contributed by atoms with Crippen molar-refractivity contribution >= 4 is 62.2 Å². The molecule has 1 saturated heterocycles. The first kappa shape index (κ1) is 30.9. The largest absolute Gasteiger partial charge is 0.359 e. The fraction of sp³-hybridized carbons (Fsp3) is 0.394. The number of halogens is 2. The second-order valence-corrected chi connectivity index (χ2v) is 14.9. The molecule has 2 aromatic carbocycles. The maximum absolute atomic E-state index is 13.4. The second kappa shape index (κ2) is 12.4. The van der Waals surface area contributed by atoms with Crippen LogP contribution in [0.2, 0.25) is 10.0 Å². The van der Waals surface area contributed by atoms with Gasteiger partial charge in [-0.05, 0) is 99.5 Å². The lowest BCUT2D eigenvalue weighted by atomic mass is 10.0. The van der Waals surface area contributed by atoms with Gasteiger partial charge in [-0.1, -0.05) is 29.3 Å². The Hall–Kier alpha value is -3.11. The van der Waals surface area contributed by atoms with Gasteiger partial charge in [-0.2, -0.15) is 0 Å². The van der Waals surface area contributed by atoms with Crippen molar-refractivity contribution in [2.45, 2.75) is 62.6 Å². The van der Waals surface area contributed by atoms with Gasteiger partial charge in [0.1, 0.15) is 0 Å².